The second-order valence-corrected chi connectivity index (χ2v) is 7.11. The molecule has 1 N–H and O–H groups in total. The molecule has 0 radical (unpaired) electrons. The summed E-state index contributed by atoms with van der Waals surface area (Å²) < 4.78 is 0. The fourth-order valence-corrected chi connectivity index (χ4v) is 3.82. The lowest BCUT2D eigenvalue weighted by Crippen LogP contribution is -2.50. The van der Waals surface area contributed by atoms with Crippen molar-refractivity contribution in [1.82, 2.24) is 4.90 Å². The van der Waals surface area contributed by atoms with Crippen LogP contribution in [-0.2, 0) is 6.42 Å². The third kappa shape index (κ3) is 4.58. The van der Waals surface area contributed by atoms with Crippen LogP contribution in [0.25, 0.3) is 0 Å². The van der Waals surface area contributed by atoms with Crippen molar-refractivity contribution in [3.63, 3.8) is 0 Å². The summed E-state index contributed by atoms with van der Waals surface area (Å²) in [7, 11) is 0. The number of aryl methyl sites for hydroxylation is 1. The number of anilines is 3. The minimum atomic E-state index is -0.0148. The van der Waals surface area contributed by atoms with Crippen LogP contribution < -0.4 is 15.1 Å². The summed E-state index contributed by atoms with van der Waals surface area (Å²) in [5.41, 5.74) is 4.71. The van der Waals surface area contributed by atoms with Crippen molar-refractivity contribution >= 4 is 23.1 Å². The van der Waals surface area contributed by atoms with Crippen LogP contribution in [0.3, 0.4) is 0 Å². The second kappa shape index (κ2) is 9.49. The van der Waals surface area contributed by atoms with E-state index in [4.69, 9.17) is 0 Å². The quantitative estimate of drug-likeness (QED) is 0.805. The Morgan fingerprint density at radius 3 is 2.18 bits per heavy atom. The summed E-state index contributed by atoms with van der Waals surface area (Å²) in [6, 6.07) is 16.7. The summed E-state index contributed by atoms with van der Waals surface area (Å²) >= 11 is 0. The number of hydrogen-bond acceptors (Lipinski definition) is 3. The van der Waals surface area contributed by atoms with Gasteiger partial charge in [0.15, 0.2) is 0 Å². The number of nitrogens with one attached hydrogen (secondary N) is 1. The third-order valence-corrected chi connectivity index (χ3v) is 5.53. The molecule has 0 unspecified atom stereocenters. The number of piperazine rings is 1. The Balaban J connectivity index is 1.55. The molecular formula is C23H32N4O. The molecule has 5 heteroatoms. The molecule has 1 fully saturated rings. The smallest absolute Gasteiger partial charge is 0.321 e. The van der Waals surface area contributed by atoms with Gasteiger partial charge in [-0.15, -0.1) is 0 Å². The summed E-state index contributed by atoms with van der Waals surface area (Å²) in [5, 5.41) is 3.04. The number of para-hydroxylation sites is 1. The van der Waals surface area contributed by atoms with Crippen LogP contribution in [0.15, 0.2) is 48.5 Å². The van der Waals surface area contributed by atoms with E-state index in [1.165, 1.54) is 16.9 Å². The van der Waals surface area contributed by atoms with E-state index in [1.807, 2.05) is 17.0 Å². The zero-order valence-electron chi connectivity index (χ0n) is 17.3. The topological polar surface area (TPSA) is 38.8 Å². The first-order chi connectivity index (χ1) is 13.7. The normalized spacial score (nSPS) is 14.1. The van der Waals surface area contributed by atoms with Crippen molar-refractivity contribution in [2.45, 2.75) is 27.2 Å². The van der Waals surface area contributed by atoms with Gasteiger partial charge in [0.05, 0.1) is 0 Å². The Morgan fingerprint density at radius 2 is 1.57 bits per heavy atom. The number of hydrogen-bond donors (Lipinski definition) is 1. The molecule has 1 aliphatic heterocycles. The molecular weight excluding hydrogens is 348 g/mol. The summed E-state index contributed by atoms with van der Waals surface area (Å²) in [6.07, 6.45) is 1.03. The Kier molecular flexibility index (Phi) is 6.80. The highest BCUT2D eigenvalue weighted by Gasteiger charge is 2.22. The monoisotopic (exact) mass is 380 g/mol. The fraction of sp³-hybridized carbons (Fsp3) is 0.435. The minimum Gasteiger partial charge on any atom is -0.372 e. The van der Waals surface area contributed by atoms with Gasteiger partial charge in [-0.1, -0.05) is 25.1 Å². The van der Waals surface area contributed by atoms with Crippen LogP contribution in [0.5, 0.6) is 0 Å². The van der Waals surface area contributed by atoms with Gasteiger partial charge in [0, 0.05) is 56.3 Å². The maximum Gasteiger partial charge on any atom is 0.321 e. The Bertz CT molecular complexity index is 762. The van der Waals surface area contributed by atoms with E-state index < -0.39 is 0 Å². The van der Waals surface area contributed by atoms with Gasteiger partial charge >= 0.3 is 6.03 Å². The van der Waals surface area contributed by atoms with Gasteiger partial charge in [-0.2, -0.15) is 0 Å². The molecule has 0 atom stereocenters. The summed E-state index contributed by atoms with van der Waals surface area (Å²) in [5.74, 6) is 0. The number of urea groups is 1. The zero-order valence-corrected chi connectivity index (χ0v) is 17.3. The average molecular weight is 381 g/mol. The van der Waals surface area contributed by atoms with Gasteiger partial charge in [0.2, 0.25) is 0 Å². The van der Waals surface area contributed by atoms with Crippen LogP contribution in [0.4, 0.5) is 21.9 Å². The van der Waals surface area contributed by atoms with Gasteiger partial charge in [-0.25, -0.2) is 4.79 Å². The maximum absolute atomic E-state index is 12.7. The summed E-state index contributed by atoms with van der Waals surface area (Å²) in [6.45, 7) is 11.7. The van der Waals surface area contributed by atoms with E-state index in [2.05, 4.69) is 72.3 Å². The van der Waals surface area contributed by atoms with Crippen molar-refractivity contribution in [2.24, 2.45) is 0 Å². The van der Waals surface area contributed by atoms with Crippen LogP contribution in [0, 0.1) is 0 Å². The number of amides is 2. The molecule has 150 valence electrons. The van der Waals surface area contributed by atoms with E-state index in [0.29, 0.717) is 0 Å². The maximum atomic E-state index is 12.7. The number of nitrogens with zero attached hydrogens (tertiary/aromatic N) is 3. The highest BCUT2D eigenvalue weighted by molar-refractivity contribution is 5.89. The first-order valence-corrected chi connectivity index (χ1v) is 10.4. The van der Waals surface area contributed by atoms with Crippen LogP contribution in [0.2, 0.25) is 0 Å². The molecule has 2 aromatic rings. The number of benzene rings is 2. The van der Waals surface area contributed by atoms with E-state index in [-0.39, 0.29) is 6.03 Å². The molecule has 0 aliphatic carbocycles. The molecule has 0 bridgehead atoms. The summed E-state index contributed by atoms with van der Waals surface area (Å²) in [4.78, 5) is 19.2. The molecule has 0 saturated carbocycles. The van der Waals surface area contributed by atoms with Crippen molar-refractivity contribution in [1.29, 1.82) is 0 Å². The molecule has 2 amide bonds. The molecule has 0 spiro atoms. The van der Waals surface area contributed by atoms with Gasteiger partial charge < -0.3 is 20.0 Å². The first kappa shape index (κ1) is 20.1. The SMILES string of the molecule is CCc1ccccc1N1CCN(C(=O)Nc2ccc(N(CC)CC)cc2)CC1. The number of rotatable bonds is 6. The highest BCUT2D eigenvalue weighted by Crippen LogP contribution is 2.23. The van der Waals surface area contributed by atoms with Crippen molar-refractivity contribution in [2.75, 3.05) is 54.4 Å². The third-order valence-electron chi connectivity index (χ3n) is 5.53. The largest absolute Gasteiger partial charge is 0.372 e. The van der Waals surface area contributed by atoms with Gasteiger partial charge in [-0.05, 0) is 56.2 Å². The molecule has 1 saturated heterocycles. The van der Waals surface area contributed by atoms with Crippen molar-refractivity contribution in [3.05, 3.63) is 54.1 Å². The van der Waals surface area contributed by atoms with Crippen LogP contribution in [-0.4, -0.2) is 50.2 Å². The Morgan fingerprint density at radius 1 is 0.929 bits per heavy atom. The standard InChI is InChI=1S/C23H32N4O/c1-4-19-9-7-8-10-22(19)26-15-17-27(18-16-26)23(28)24-20-11-13-21(14-12-20)25(5-2)6-3/h7-14H,4-6,15-18H2,1-3H3,(H,24,28). The van der Waals surface area contributed by atoms with Gasteiger partial charge in [0.1, 0.15) is 0 Å². The van der Waals surface area contributed by atoms with E-state index in [0.717, 1.165) is 51.4 Å². The Labute approximate surface area is 168 Å². The van der Waals surface area contributed by atoms with E-state index >= 15 is 0 Å². The van der Waals surface area contributed by atoms with E-state index in [1.54, 1.807) is 0 Å². The lowest BCUT2D eigenvalue weighted by atomic mass is 10.1. The lowest BCUT2D eigenvalue weighted by molar-refractivity contribution is 0.208. The minimum absolute atomic E-state index is 0.0148. The van der Waals surface area contributed by atoms with Crippen LogP contribution >= 0.6 is 0 Å². The molecule has 1 heterocycles. The predicted molar refractivity (Wildman–Crippen MR) is 119 cm³/mol. The van der Waals surface area contributed by atoms with Gasteiger partial charge in [-0.3, -0.25) is 0 Å². The predicted octanol–water partition coefficient (Wildman–Crippen LogP) is 4.45. The Hall–Kier alpha value is -2.69. The molecule has 5 nitrogen and oxygen atoms in total. The van der Waals surface area contributed by atoms with E-state index in [9.17, 15) is 4.79 Å². The van der Waals surface area contributed by atoms with Gasteiger partial charge in [0.25, 0.3) is 0 Å². The molecule has 2 aromatic carbocycles. The fourth-order valence-electron chi connectivity index (χ4n) is 3.82. The number of carbonyl (C=O) groups is 1. The molecule has 0 aromatic heterocycles. The zero-order chi connectivity index (χ0) is 19.9. The highest BCUT2D eigenvalue weighted by atomic mass is 16.2. The van der Waals surface area contributed by atoms with Crippen molar-refractivity contribution < 1.29 is 4.79 Å². The molecule has 1 aliphatic rings. The number of carbonyl (C=O) groups excluding carboxylic acids is 1. The van der Waals surface area contributed by atoms with Crippen molar-refractivity contribution in [3.8, 4) is 0 Å². The van der Waals surface area contributed by atoms with Crippen LogP contribution in [0.1, 0.15) is 26.3 Å². The molecule has 28 heavy (non-hydrogen) atoms. The second-order valence-electron chi connectivity index (χ2n) is 7.11. The lowest BCUT2D eigenvalue weighted by Gasteiger charge is -2.37. The average Bonchev–Trinajstić information content (AvgIpc) is 2.76. The molecule has 3 rings (SSSR count). The first-order valence-electron chi connectivity index (χ1n) is 10.4.